The summed E-state index contributed by atoms with van der Waals surface area (Å²) < 4.78 is 6.33. The molecule has 0 atom stereocenters. The number of aromatic nitrogens is 3. The number of rotatable bonds is 2. The largest absolute Gasteiger partial charge is 0.458 e. The molecule has 7 heteroatoms. The van der Waals surface area contributed by atoms with Gasteiger partial charge in [-0.15, -0.1) is 0 Å². The Morgan fingerprint density at radius 1 is 0.686 bits per heavy atom. The highest BCUT2D eigenvalue weighted by molar-refractivity contribution is 6.99. The number of fused-ring (bicyclic) bond motifs is 4. The van der Waals surface area contributed by atoms with Crippen LogP contribution in [0.25, 0.3) is 11.4 Å². The quantitative estimate of drug-likeness (QED) is 0.374. The third-order valence-corrected chi connectivity index (χ3v) is 6.47. The van der Waals surface area contributed by atoms with Gasteiger partial charge in [-0.1, -0.05) is 72.8 Å². The van der Waals surface area contributed by atoms with E-state index in [1.165, 1.54) is 0 Å². The fraction of sp³-hybridized carbons (Fsp3) is 0. The summed E-state index contributed by atoms with van der Waals surface area (Å²) >= 11 is 0. The van der Waals surface area contributed by atoms with Gasteiger partial charge >= 0.3 is 0 Å². The first-order valence-corrected chi connectivity index (χ1v) is 11.3. The SMILES string of the molecule is N#Cc1nc(-c2ccccc2)nc(N2c3ccccc3B3c4ccccc4Oc4cccc2c43)n1. The third kappa shape index (κ3) is 2.94. The van der Waals surface area contributed by atoms with Crippen LogP contribution < -0.4 is 26.0 Å². The lowest BCUT2D eigenvalue weighted by atomic mass is 9.34. The zero-order valence-electron chi connectivity index (χ0n) is 18.5. The highest BCUT2D eigenvalue weighted by Gasteiger charge is 2.42. The fourth-order valence-corrected chi connectivity index (χ4v) is 5.03. The first-order valence-electron chi connectivity index (χ1n) is 11.3. The van der Waals surface area contributed by atoms with Gasteiger partial charge in [-0.3, -0.25) is 4.90 Å². The van der Waals surface area contributed by atoms with Crippen LogP contribution in [0, 0.1) is 11.3 Å². The molecular formula is C28H16BN5O. The molecule has 6 nitrogen and oxygen atoms in total. The van der Waals surface area contributed by atoms with Crippen molar-refractivity contribution in [1.82, 2.24) is 15.0 Å². The predicted octanol–water partition coefficient (Wildman–Crippen LogP) is 3.82. The minimum Gasteiger partial charge on any atom is -0.458 e. The zero-order chi connectivity index (χ0) is 23.4. The van der Waals surface area contributed by atoms with E-state index >= 15 is 0 Å². The molecule has 0 unspecified atom stereocenters. The van der Waals surface area contributed by atoms with Gasteiger partial charge in [0.15, 0.2) is 5.82 Å². The summed E-state index contributed by atoms with van der Waals surface area (Å²) in [6, 6.07) is 34.2. The summed E-state index contributed by atoms with van der Waals surface area (Å²) in [4.78, 5) is 15.8. The molecule has 0 aliphatic carbocycles. The van der Waals surface area contributed by atoms with Crippen LogP contribution in [0.5, 0.6) is 11.5 Å². The fourth-order valence-electron chi connectivity index (χ4n) is 5.03. The monoisotopic (exact) mass is 449 g/mol. The van der Waals surface area contributed by atoms with Gasteiger partial charge < -0.3 is 4.74 Å². The molecule has 0 bridgehead atoms. The average Bonchev–Trinajstić information content (AvgIpc) is 2.93. The summed E-state index contributed by atoms with van der Waals surface area (Å²) in [6.07, 6.45) is 0. The van der Waals surface area contributed by atoms with E-state index in [4.69, 9.17) is 9.72 Å². The average molecular weight is 449 g/mol. The Bertz CT molecular complexity index is 1660. The molecule has 0 saturated carbocycles. The van der Waals surface area contributed by atoms with Gasteiger partial charge in [0, 0.05) is 16.9 Å². The van der Waals surface area contributed by atoms with Crippen LogP contribution in [0.15, 0.2) is 97.1 Å². The highest BCUT2D eigenvalue weighted by atomic mass is 16.5. The maximum absolute atomic E-state index is 9.72. The smallest absolute Gasteiger partial charge is 0.256 e. The lowest BCUT2D eigenvalue weighted by molar-refractivity contribution is 0.487. The first kappa shape index (κ1) is 19.5. The molecule has 0 spiro atoms. The summed E-state index contributed by atoms with van der Waals surface area (Å²) in [5.41, 5.74) is 6.03. The van der Waals surface area contributed by atoms with Gasteiger partial charge in [0.2, 0.25) is 11.8 Å². The van der Waals surface area contributed by atoms with Crippen molar-refractivity contribution < 1.29 is 4.74 Å². The normalized spacial score (nSPS) is 12.7. The van der Waals surface area contributed by atoms with Gasteiger partial charge in [0.05, 0.1) is 0 Å². The molecule has 0 amide bonds. The molecule has 0 N–H and O–H groups in total. The summed E-state index contributed by atoms with van der Waals surface area (Å²) in [7, 11) is 0. The number of ether oxygens (including phenoxy) is 1. The van der Waals surface area contributed by atoms with Crippen LogP contribution in [0.2, 0.25) is 0 Å². The highest BCUT2D eigenvalue weighted by Crippen LogP contribution is 2.39. The van der Waals surface area contributed by atoms with Gasteiger partial charge in [-0.25, -0.2) is 0 Å². The number of nitrogens with zero attached hydrogens (tertiary/aromatic N) is 5. The Balaban J connectivity index is 1.51. The molecule has 7 rings (SSSR count). The van der Waals surface area contributed by atoms with Crippen molar-refractivity contribution >= 4 is 40.4 Å². The van der Waals surface area contributed by atoms with E-state index in [1.54, 1.807) is 0 Å². The lowest BCUT2D eigenvalue weighted by Crippen LogP contribution is -2.59. The Morgan fingerprint density at radius 2 is 1.40 bits per heavy atom. The Labute approximate surface area is 202 Å². The summed E-state index contributed by atoms with van der Waals surface area (Å²) in [6.45, 7) is 0.0180. The molecule has 0 fully saturated rings. The molecule has 2 aliphatic heterocycles. The number of anilines is 3. The maximum Gasteiger partial charge on any atom is 0.256 e. The molecule has 1 aromatic heterocycles. The van der Waals surface area contributed by atoms with Crippen LogP contribution in [-0.2, 0) is 0 Å². The molecule has 0 saturated heterocycles. The van der Waals surface area contributed by atoms with Gasteiger partial charge in [-0.05, 0) is 40.7 Å². The van der Waals surface area contributed by atoms with E-state index in [0.29, 0.717) is 11.8 Å². The number of para-hydroxylation sites is 2. The van der Waals surface area contributed by atoms with E-state index in [9.17, 15) is 5.26 Å². The van der Waals surface area contributed by atoms with Crippen LogP contribution in [0.3, 0.4) is 0 Å². The predicted molar refractivity (Wildman–Crippen MR) is 136 cm³/mol. The third-order valence-electron chi connectivity index (χ3n) is 6.47. The molecule has 35 heavy (non-hydrogen) atoms. The zero-order valence-corrected chi connectivity index (χ0v) is 18.5. The van der Waals surface area contributed by atoms with Crippen LogP contribution in [-0.4, -0.2) is 21.7 Å². The minimum atomic E-state index is 0.0180. The topological polar surface area (TPSA) is 74.9 Å². The number of benzene rings is 4. The molecule has 4 aromatic carbocycles. The number of hydrogen-bond acceptors (Lipinski definition) is 6. The molecule has 162 valence electrons. The Morgan fingerprint density at radius 3 is 2.26 bits per heavy atom. The van der Waals surface area contributed by atoms with Gasteiger partial charge in [0.25, 0.3) is 6.71 Å². The number of nitriles is 1. The van der Waals surface area contributed by atoms with Crippen molar-refractivity contribution in [3.63, 3.8) is 0 Å². The molecule has 2 aliphatic rings. The second-order valence-electron chi connectivity index (χ2n) is 8.42. The van der Waals surface area contributed by atoms with Crippen molar-refractivity contribution in [2.24, 2.45) is 0 Å². The van der Waals surface area contributed by atoms with E-state index < -0.39 is 0 Å². The van der Waals surface area contributed by atoms with E-state index in [0.717, 1.165) is 44.8 Å². The van der Waals surface area contributed by atoms with Gasteiger partial charge in [0.1, 0.15) is 17.6 Å². The molecular weight excluding hydrogens is 433 g/mol. The lowest BCUT2D eigenvalue weighted by Gasteiger charge is -2.38. The maximum atomic E-state index is 9.72. The van der Waals surface area contributed by atoms with E-state index in [2.05, 4.69) is 40.3 Å². The summed E-state index contributed by atoms with van der Waals surface area (Å²) in [5.74, 6) is 2.60. The Kier molecular flexibility index (Phi) is 4.20. The minimum absolute atomic E-state index is 0.0180. The van der Waals surface area contributed by atoms with Gasteiger partial charge in [-0.2, -0.15) is 20.2 Å². The van der Waals surface area contributed by atoms with Crippen LogP contribution in [0.4, 0.5) is 17.3 Å². The van der Waals surface area contributed by atoms with E-state index in [1.807, 2.05) is 77.7 Å². The van der Waals surface area contributed by atoms with Crippen molar-refractivity contribution in [3.05, 3.63) is 103 Å². The van der Waals surface area contributed by atoms with Crippen LogP contribution >= 0.6 is 0 Å². The standard InChI is InChI=1S/C28H16BN5O/c30-17-25-31-27(18-9-2-1-3-10-18)33-28(32-25)34-21-13-6-4-11-19(21)29-20-12-5-7-15-23(20)35-24-16-8-14-22(34)26(24)29/h1-16H. The van der Waals surface area contributed by atoms with Crippen molar-refractivity contribution in [1.29, 1.82) is 5.26 Å². The Hall–Kier alpha value is -4.96. The molecule has 5 aromatic rings. The van der Waals surface area contributed by atoms with Crippen molar-refractivity contribution in [3.8, 4) is 29.0 Å². The molecule has 0 radical (unpaired) electrons. The second-order valence-corrected chi connectivity index (χ2v) is 8.42. The van der Waals surface area contributed by atoms with Crippen molar-refractivity contribution in [2.75, 3.05) is 4.90 Å². The van der Waals surface area contributed by atoms with Crippen LogP contribution in [0.1, 0.15) is 5.82 Å². The molecule has 3 heterocycles. The number of hydrogen-bond donors (Lipinski definition) is 0. The van der Waals surface area contributed by atoms with E-state index in [-0.39, 0.29) is 12.5 Å². The van der Waals surface area contributed by atoms with Crippen molar-refractivity contribution in [2.45, 2.75) is 0 Å². The second kappa shape index (κ2) is 7.54. The first-order chi connectivity index (χ1) is 17.3. The summed E-state index contributed by atoms with van der Waals surface area (Å²) in [5, 5.41) is 9.72.